The zero-order valence-electron chi connectivity index (χ0n) is 21.2. The van der Waals surface area contributed by atoms with Gasteiger partial charge in [0.15, 0.2) is 23.2 Å². The Labute approximate surface area is 226 Å². The van der Waals surface area contributed by atoms with E-state index in [1.807, 2.05) is 12.1 Å². The number of aryl methyl sites for hydroxylation is 1. The Hall–Kier alpha value is -5.77. The monoisotopic (exact) mass is 537 g/mol. The van der Waals surface area contributed by atoms with Crippen LogP contribution in [-0.2, 0) is 6.54 Å². The second kappa shape index (κ2) is 11.3. The molecular weight excluding hydrogens is 517 g/mol. The third kappa shape index (κ3) is 5.86. The van der Waals surface area contributed by atoms with Crippen molar-refractivity contribution in [1.29, 1.82) is 5.26 Å². The molecule has 0 bridgehead atoms. The lowest BCUT2D eigenvalue weighted by Crippen LogP contribution is -2.25. The molecule has 0 aromatic carbocycles. The van der Waals surface area contributed by atoms with Crippen LogP contribution in [0.15, 0.2) is 65.6 Å². The van der Waals surface area contributed by atoms with Gasteiger partial charge in [-0.3, -0.25) is 9.78 Å². The number of nitrogens with zero attached hydrogens (tertiary/aromatic N) is 7. The highest BCUT2D eigenvalue weighted by Crippen LogP contribution is 2.22. The quantitative estimate of drug-likeness (QED) is 0.294. The van der Waals surface area contributed by atoms with Crippen LogP contribution in [0.4, 0.5) is 16.0 Å². The van der Waals surface area contributed by atoms with Gasteiger partial charge in [-0.25, -0.2) is 24.3 Å². The molecule has 1 amide bonds. The number of pyridine rings is 3. The number of carbonyl (C=O) groups is 1. The van der Waals surface area contributed by atoms with E-state index in [2.05, 4.69) is 40.7 Å². The molecular formula is C27H20FN9O3. The Bertz CT molecular complexity index is 1720. The van der Waals surface area contributed by atoms with Gasteiger partial charge in [-0.2, -0.15) is 5.26 Å². The fourth-order valence-corrected chi connectivity index (χ4v) is 3.63. The van der Waals surface area contributed by atoms with Crippen LogP contribution < -0.4 is 15.4 Å². The van der Waals surface area contributed by atoms with E-state index < -0.39 is 11.7 Å². The molecule has 0 saturated heterocycles. The van der Waals surface area contributed by atoms with Gasteiger partial charge in [0.25, 0.3) is 5.91 Å². The first-order valence-corrected chi connectivity index (χ1v) is 11.8. The van der Waals surface area contributed by atoms with Crippen LogP contribution in [0, 0.1) is 24.1 Å². The Balaban J connectivity index is 1.25. The summed E-state index contributed by atoms with van der Waals surface area (Å²) in [6.45, 7) is 1.86. The van der Waals surface area contributed by atoms with Crippen molar-refractivity contribution in [2.24, 2.45) is 0 Å². The predicted octanol–water partition coefficient (Wildman–Crippen LogP) is 3.99. The fraction of sp³-hybridized carbons (Fsp3) is 0.111. The average Bonchev–Trinajstić information content (AvgIpc) is 3.43. The molecule has 5 rings (SSSR count). The minimum Gasteiger partial charge on any atom is -0.481 e. The highest BCUT2D eigenvalue weighted by atomic mass is 19.1. The van der Waals surface area contributed by atoms with Crippen molar-refractivity contribution in [1.82, 2.24) is 35.4 Å². The van der Waals surface area contributed by atoms with E-state index in [0.29, 0.717) is 23.1 Å². The number of anilines is 2. The number of ether oxygens (including phenoxy) is 1. The van der Waals surface area contributed by atoms with Crippen LogP contribution >= 0.6 is 0 Å². The number of hydrogen-bond donors (Lipinski definition) is 2. The van der Waals surface area contributed by atoms with Crippen LogP contribution in [0.25, 0.3) is 22.6 Å². The van der Waals surface area contributed by atoms with E-state index in [1.165, 1.54) is 12.3 Å². The van der Waals surface area contributed by atoms with Crippen LogP contribution in [0.1, 0.15) is 27.5 Å². The SMILES string of the molecule is COc1ccc(-c2ccc(CNC(=O)c3ncc(-c4nc(C)cc(Nc5cc(C#N)on5)n4)cc3F)cn2)cn1. The first-order chi connectivity index (χ1) is 19.4. The zero-order chi connectivity index (χ0) is 28.1. The van der Waals surface area contributed by atoms with Crippen LogP contribution in [0.3, 0.4) is 0 Å². The fourth-order valence-electron chi connectivity index (χ4n) is 3.63. The summed E-state index contributed by atoms with van der Waals surface area (Å²) in [6.07, 6.45) is 4.59. The first-order valence-electron chi connectivity index (χ1n) is 11.8. The van der Waals surface area contributed by atoms with E-state index in [9.17, 15) is 9.18 Å². The van der Waals surface area contributed by atoms with Crippen LogP contribution in [0.5, 0.6) is 5.88 Å². The molecule has 40 heavy (non-hydrogen) atoms. The van der Waals surface area contributed by atoms with Gasteiger partial charge in [0.2, 0.25) is 11.6 Å². The molecule has 0 aliphatic heterocycles. The standard InChI is InChI=1S/C27H20FN9O3/c1-15-7-22(35-23-9-19(10-29)40-37-23)36-26(34-15)18-8-20(28)25(32-14-18)27(38)33-12-16-3-5-21(30-11-16)17-4-6-24(39-2)31-13-17/h3-9,11,13-14H,12H2,1-2H3,(H,33,38)(H,34,35,36,37). The highest BCUT2D eigenvalue weighted by molar-refractivity contribution is 5.92. The molecule has 0 fully saturated rings. The molecule has 13 heteroatoms. The molecule has 0 saturated carbocycles. The number of halogens is 1. The van der Waals surface area contributed by atoms with E-state index in [1.54, 1.807) is 50.7 Å². The lowest BCUT2D eigenvalue weighted by molar-refractivity contribution is 0.0941. The van der Waals surface area contributed by atoms with E-state index >= 15 is 0 Å². The predicted molar refractivity (Wildman–Crippen MR) is 140 cm³/mol. The number of amides is 1. The summed E-state index contributed by atoms with van der Waals surface area (Å²) in [6, 6.07) is 13.2. The van der Waals surface area contributed by atoms with Crippen molar-refractivity contribution >= 4 is 17.5 Å². The first kappa shape index (κ1) is 25.9. The van der Waals surface area contributed by atoms with Gasteiger partial charge in [-0.1, -0.05) is 11.2 Å². The van der Waals surface area contributed by atoms with Gasteiger partial charge in [0.1, 0.15) is 11.9 Å². The maximum Gasteiger partial charge on any atom is 0.273 e. The summed E-state index contributed by atoms with van der Waals surface area (Å²) < 4.78 is 24.8. The van der Waals surface area contributed by atoms with Gasteiger partial charge >= 0.3 is 0 Å². The normalized spacial score (nSPS) is 10.6. The Kier molecular flexibility index (Phi) is 7.32. The van der Waals surface area contributed by atoms with Crippen molar-refractivity contribution in [2.45, 2.75) is 13.5 Å². The highest BCUT2D eigenvalue weighted by Gasteiger charge is 2.17. The maximum absolute atomic E-state index is 14.9. The molecule has 0 unspecified atom stereocenters. The number of hydrogen-bond acceptors (Lipinski definition) is 11. The molecule has 5 aromatic rings. The van der Waals surface area contributed by atoms with Crippen molar-refractivity contribution < 1.29 is 18.4 Å². The number of nitriles is 1. The van der Waals surface area contributed by atoms with Crippen molar-refractivity contribution in [2.75, 3.05) is 12.4 Å². The minimum atomic E-state index is -0.828. The molecule has 0 spiro atoms. The van der Waals surface area contributed by atoms with Crippen molar-refractivity contribution in [3.63, 3.8) is 0 Å². The van der Waals surface area contributed by atoms with Gasteiger partial charge < -0.3 is 19.9 Å². The van der Waals surface area contributed by atoms with Gasteiger partial charge in [0.05, 0.1) is 12.8 Å². The third-order valence-corrected chi connectivity index (χ3v) is 5.56. The van der Waals surface area contributed by atoms with Crippen LogP contribution in [-0.4, -0.2) is 43.1 Å². The number of methoxy groups -OCH3 is 1. The Morgan fingerprint density at radius 1 is 1.02 bits per heavy atom. The molecule has 0 radical (unpaired) electrons. The van der Waals surface area contributed by atoms with Crippen molar-refractivity contribution in [3.8, 4) is 34.6 Å². The Morgan fingerprint density at radius 3 is 2.55 bits per heavy atom. The zero-order valence-corrected chi connectivity index (χ0v) is 21.2. The second-order valence-corrected chi connectivity index (χ2v) is 8.41. The topological polar surface area (TPSA) is 165 Å². The number of aromatic nitrogens is 6. The molecule has 0 aliphatic carbocycles. The van der Waals surface area contributed by atoms with E-state index in [0.717, 1.165) is 17.2 Å². The van der Waals surface area contributed by atoms with Gasteiger partial charge in [-0.15, -0.1) is 0 Å². The summed E-state index contributed by atoms with van der Waals surface area (Å²) in [7, 11) is 1.54. The van der Waals surface area contributed by atoms with Gasteiger partial charge in [0, 0.05) is 60.2 Å². The molecule has 0 aliphatic rings. The maximum atomic E-state index is 14.9. The average molecular weight is 538 g/mol. The summed E-state index contributed by atoms with van der Waals surface area (Å²) >= 11 is 0. The summed E-state index contributed by atoms with van der Waals surface area (Å²) in [5.41, 5.74) is 2.73. The lowest BCUT2D eigenvalue weighted by atomic mass is 10.1. The molecule has 12 nitrogen and oxygen atoms in total. The number of rotatable bonds is 8. The van der Waals surface area contributed by atoms with Gasteiger partial charge in [-0.05, 0) is 30.7 Å². The third-order valence-electron chi connectivity index (χ3n) is 5.56. The number of nitrogens with one attached hydrogen (secondary N) is 2. The molecule has 5 aromatic heterocycles. The Morgan fingerprint density at radius 2 is 1.88 bits per heavy atom. The van der Waals surface area contributed by atoms with E-state index in [-0.39, 0.29) is 35.2 Å². The smallest absolute Gasteiger partial charge is 0.273 e. The van der Waals surface area contributed by atoms with E-state index in [4.69, 9.17) is 14.5 Å². The van der Waals surface area contributed by atoms with Crippen LogP contribution in [0.2, 0.25) is 0 Å². The second-order valence-electron chi connectivity index (χ2n) is 8.41. The minimum absolute atomic E-state index is 0.0352. The molecule has 2 N–H and O–H groups in total. The molecule has 5 heterocycles. The number of carbonyl (C=O) groups excluding carboxylic acids is 1. The summed E-state index contributed by atoms with van der Waals surface area (Å²) in [5.74, 6) is -0.158. The molecule has 0 atom stereocenters. The summed E-state index contributed by atoms with van der Waals surface area (Å²) in [5, 5.41) is 18.2. The lowest BCUT2D eigenvalue weighted by Gasteiger charge is -2.09. The van der Waals surface area contributed by atoms with Crippen molar-refractivity contribution in [3.05, 3.63) is 89.6 Å². The summed E-state index contributed by atoms with van der Waals surface area (Å²) in [4.78, 5) is 33.9. The largest absolute Gasteiger partial charge is 0.481 e. The molecule has 198 valence electrons.